The molecule has 6 N–H and O–H groups in total. The number of hydrogen-bond acceptors (Lipinski definition) is 7. The van der Waals surface area contributed by atoms with Gasteiger partial charge in [0, 0.05) is 17.7 Å². The lowest BCUT2D eigenvalue weighted by molar-refractivity contribution is -0.114. The zero-order valence-corrected chi connectivity index (χ0v) is 13.6. The first-order valence-electron chi connectivity index (χ1n) is 6.14. The van der Waals surface area contributed by atoms with Crippen molar-refractivity contribution >= 4 is 48.3 Å². The van der Waals surface area contributed by atoms with Crippen molar-refractivity contribution < 1.29 is 35.8 Å². The molecular weight excluding hydrogens is 364 g/mol. The molecule has 2 aromatic rings. The first-order valence-corrected chi connectivity index (χ1v) is 9.02. The normalized spacial score (nSPS) is 12.3. The molecular formula is C12H12N2O8S2. The molecule has 0 saturated carbocycles. The minimum atomic E-state index is -4.85. The van der Waals surface area contributed by atoms with E-state index in [-0.39, 0.29) is 10.8 Å². The van der Waals surface area contributed by atoms with E-state index in [1.807, 2.05) is 0 Å². The van der Waals surface area contributed by atoms with Crippen LogP contribution in [0.4, 0.5) is 11.4 Å². The van der Waals surface area contributed by atoms with E-state index in [0.29, 0.717) is 0 Å². The number of nitrogens with one attached hydrogen (secondary N) is 1. The van der Waals surface area contributed by atoms with E-state index < -0.39 is 53.1 Å². The lowest BCUT2D eigenvalue weighted by Crippen LogP contribution is -2.12. The summed E-state index contributed by atoms with van der Waals surface area (Å²) in [6.45, 7) is 1.05. The Balaban J connectivity index is 3.09. The van der Waals surface area contributed by atoms with E-state index in [2.05, 4.69) is 5.32 Å². The van der Waals surface area contributed by atoms with Crippen LogP contribution in [0.2, 0.25) is 0 Å². The third-order valence-electron chi connectivity index (χ3n) is 3.12. The summed E-state index contributed by atoms with van der Waals surface area (Å²) in [7, 11) is -9.63. The summed E-state index contributed by atoms with van der Waals surface area (Å²) in [6, 6.07) is 2.73. The van der Waals surface area contributed by atoms with Crippen LogP contribution < -0.4 is 11.1 Å². The van der Waals surface area contributed by atoms with E-state index in [9.17, 15) is 35.8 Å². The quantitative estimate of drug-likeness (QED) is 0.290. The third kappa shape index (κ3) is 3.12. The monoisotopic (exact) mass is 376 g/mol. The summed E-state index contributed by atoms with van der Waals surface area (Å²) in [5.41, 5.74) is 4.34. The Hall–Kier alpha value is -2.41. The van der Waals surface area contributed by atoms with Crippen molar-refractivity contribution in [3.8, 4) is 5.75 Å². The first kappa shape index (κ1) is 17.9. The second-order valence-electron chi connectivity index (χ2n) is 4.80. The van der Waals surface area contributed by atoms with Crippen LogP contribution in [0.1, 0.15) is 6.92 Å². The average Bonchev–Trinajstić information content (AvgIpc) is 2.39. The Labute approximate surface area is 136 Å². The molecule has 10 nitrogen and oxygen atoms in total. The van der Waals surface area contributed by atoms with Crippen molar-refractivity contribution in [2.45, 2.75) is 16.7 Å². The fraction of sp³-hybridized carbons (Fsp3) is 0.0833. The van der Waals surface area contributed by atoms with Gasteiger partial charge in [0.05, 0.1) is 11.4 Å². The van der Waals surface area contributed by atoms with Crippen LogP contribution in [0.3, 0.4) is 0 Å². The second kappa shape index (κ2) is 5.59. The fourth-order valence-corrected chi connectivity index (χ4v) is 3.46. The average molecular weight is 376 g/mol. The zero-order valence-electron chi connectivity index (χ0n) is 12.0. The summed E-state index contributed by atoms with van der Waals surface area (Å²) in [5, 5.41) is 11.8. The Morgan fingerprint density at radius 2 is 1.58 bits per heavy atom. The lowest BCUT2D eigenvalue weighted by Gasteiger charge is -2.15. The van der Waals surface area contributed by atoms with Crippen molar-refractivity contribution in [1.29, 1.82) is 0 Å². The van der Waals surface area contributed by atoms with E-state index in [1.165, 1.54) is 0 Å². The Kier molecular flexibility index (Phi) is 4.18. The molecule has 0 radical (unpaired) electrons. The van der Waals surface area contributed by atoms with E-state index >= 15 is 0 Å². The number of phenols is 1. The number of amides is 1. The summed E-state index contributed by atoms with van der Waals surface area (Å²) in [6.07, 6.45) is 0. The molecule has 0 aliphatic carbocycles. The Morgan fingerprint density at radius 3 is 2.04 bits per heavy atom. The SMILES string of the molecule is CC(=O)Nc1c(S(=O)(=O)O)ccc2c(O)c(N)c(S(=O)(=O)O)cc12. The van der Waals surface area contributed by atoms with Crippen LogP contribution >= 0.6 is 0 Å². The molecule has 0 atom stereocenters. The van der Waals surface area contributed by atoms with Crippen molar-refractivity contribution in [1.82, 2.24) is 0 Å². The summed E-state index contributed by atoms with van der Waals surface area (Å²) in [5.74, 6) is -1.47. The van der Waals surface area contributed by atoms with Gasteiger partial charge in [0.1, 0.15) is 15.5 Å². The molecule has 0 spiro atoms. The summed E-state index contributed by atoms with van der Waals surface area (Å²) < 4.78 is 64.1. The third-order valence-corrected chi connectivity index (χ3v) is 4.90. The van der Waals surface area contributed by atoms with Crippen LogP contribution in [-0.4, -0.2) is 37.0 Å². The minimum Gasteiger partial charge on any atom is -0.505 e. The summed E-state index contributed by atoms with van der Waals surface area (Å²) in [4.78, 5) is 9.72. The van der Waals surface area contributed by atoms with Crippen molar-refractivity contribution in [2.24, 2.45) is 0 Å². The van der Waals surface area contributed by atoms with Gasteiger partial charge in [-0.3, -0.25) is 13.9 Å². The molecule has 2 aromatic carbocycles. The number of anilines is 2. The van der Waals surface area contributed by atoms with Gasteiger partial charge in [-0.15, -0.1) is 0 Å². The molecule has 0 unspecified atom stereocenters. The number of benzene rings is 2. The highest BCUT2D eigenvalue weighted by Gasteiger charge is 2.25. The van der Waals surface area contributed by atoms with Gasteiger partial charge in [0.25, 0.3) is 20.2 Å². The van der Waals surface area contributed by atoms with Crippen molar-refractivity contribution in [3.05, 3.63) is 18.2 Å². The number of fused-ring (bicyclic) bond motifs is 1. The van der Waals surface area contributed by atoms with Gasteiger partial charge in [-0.2, -0.15) is 16.8 Å². The maximum Gasteiger partial charge on any atom is 0.296 e. The highest BCUT2D eigenvalue weighted by atomic mass is 32.2. The number of hydrogen-bond donors (Lipinski definition) is 5. The predicted octanol–water partition coefficient (Wildman–Crippen LogP) is 0.579. The van der Waals surface area contributed by atoms with Crippen molar-refractivity contribution in [2.75, 3.05) is 11.1 Å². The molecule has 1 amide bonds. The summed E-state index contributed by atoms with van der Waals surface area (Å²) >= 11 is 0. The van der Waals surface area contributed by atoms with Crippen LogP contribution in [0.25, 0.3) is 10.8 Å². The number of rotatable bonds is 3. The zero-order chi connectivity index (χ0) is 18.4. The number of nitrogens with two attached hydrogens (primary N) is 1. The molecule has 0 aliphatic heterocycles. The van der Waals surface area contributed by atoms with Gasteiger partial charge in [-0.1, -0.05) is 0 Å². The first-order chi connectivity index (χ1) is 10.8. The van der Waals surface area contributed by atoms with Gasteiger partial charge in [-0.05, 0) is 18.2 Å². The molecule has 0 aliphatic rings. The molecule has 130 valence electrons. The van der Waals surface area contributed by atoms with Crippen LogP contribution in [0.5, 0.6) is 5.75 Å². The molecule has 0 aromatic heterocycles. The Bertz CT molecular complexity index is 1070. The fourth-order valence-electron chi connectivity index (χ4n) is 2.16. The molecule has 0 heterocycles. The van der Waals surface area contributed by atoms with Gasteiger partial charge in [-0.25, -0.2) is 0 Å². The molecule has 2 rings (SSSR count). The number of phenolic OH excluding ortho intramolecular Hbond substituents is 1. The molecule has 12 heteroatoms. The number of carbonyl (C=O) groups is 1. The molecule has 24 heavy (non-hydrogen) atoms. The van der Waals surface area contributed by atoms with Crippen LogP contribution in [0.15, 0.2) is 28.0 Å². The van der Waals surface area contributed by atoms with Crippen LogP contribution in [0, 0.1) is 0 Å². The smallest absolute Gasteiger partial charge is 0.296 e. The topological polar surface area (TPSA) is 184 Å². The maximum absolute atomic E-state index is 11.5. The number of carbonyl (C=O) groups excluding carboxylic acids is 1. The van der Waals surface area contributed by atoms with Gasteiger partial charge in [0.2, 0.25) is 5.91 Å². The molecule has 0 fully saturated rings. The van der Waals surface area contributed by atoms with E-state index in [4.69, 9.17) is 5.73 Å². The van der Waals surface area contributed by atoms with Crippen molar-refractivity contribution in [3.63, 3.8) is 0 Å². The van der Waals surface area contributed by atoms with E-state index in [0.717, 1.165) is 25.1 Å². The predicted molar refractivity (Wildman–Crippen MR) is 84.0 cm³/mol. The number of nitrogen functional groups attached to an aromatic ring is 1. The second-order valence-corrected chi connectivity index (χ2v) is 7.58. The minimum absolute atomic E-state index is 0.101. The van der Waals surface area contributed by atoms with Gasteiger partial charge < -0.3 is 16.2 Å². The van der Waals surface area contributed by atoms with Gasteiger partial charge in [0.15, 0.2) is 0 Å². The largest absolute Gasteiger partial charge is 0.505 e. The number of aromatic hydroxyl groups is 1. The van der Waals surface area contributed by atoms with Crippen LogP contribution in [-0.2, 0) is 25.0 Å². The highest BCUT2D eigenvalue weighted by Crippen LogP contribution is 2.41. The maximum atomic E-state index is 11.5. The van der Waals surface area contributed by atoms with E-state index in [1.54, 1.807) is 0 Å². The van der Waals surface area contributed by atoms with Gasteiger partial charge >= 0.3 is 0 Å². The lowest BCUT2D eigenvalue weighted by atomic mass is 10.1. The highest BCUT2D eigenvalue weighted by molar-refractivity contribution is 7.86. The standard InChI is InChI=1S/C12H12N2O8S2/c1-5(15)14-11-7-4-9(24(20,21)22)10(13)12(16)6(7)2-3-8(11)23(17,18)19/h2-4,16H,13H2,1H3,(H,14,15)(H,17,18,19)(H,20,21,22). The Morgan fingerprint density at radius 1 is 1.04 bits per heavy atom. The molecule has 0 bridgehead atoms. The molecule has 0 saturated heterocycles.